The minimum Gasteiger partial charge on any atom is -0.394 e. The van der Waals surface area contributed by atoms with Gasteiger partial charge in [0.2, 0.25) is 5.91 Å². The smallest absolute Gasteiger partial charge is 0.244 e. The predicted molar refractivity (Wildman–Crippen MR) is 78.8 cm³/mol. The van der Waals surface area contributed by atoms with Crippen LogP contribution < -0.4 is 5.73 Å². The number of carbonyl (C=O) groups is 1. The molecule has 1 heterocycles. The maximum atomic E-state index is 12.3. The van der Waals surface area contributed by atoms with Crippen molar-refractivity contribution in [2.45, 2.75) is 19.1 Å². The van der Waals surface area contributed by atoms with Crippen molar-refractivity contribution in [3.05, 3.63) is 35.4 Å². The molecule has 5 nitrogen and oxygen atoms in total. The molecular weight excluding hydrogens is 280 g/mol. The number of carbonyl (C=O) groups excluding carboxylic acids is 1. The summed E-state index contributed by atoms with van der Waals surface area (Å²) in [5.74, 6) is -0.120. The van der Waals surface area contributed by atoms with Crippen LogP contribution in [0.3, 0.4) is 0 Å². The van der Waals surface area contributed by atoms with E-state index in [0.717, 1.165) is 11.1 Å². The van der Waals surface area contributed by atoms with Gasteiger partial charge in [-0.05, 0) is 12.5 Å². The fraction of sp³-hybridized carbons (Fsp3) is 0.500. The largest absolute Gasteiger partial charge is 0.394 e. The van der Waals surface area contributed by atoms with Crippen LogP contribution in [0, 0.1) is 6.92 Å². The van der Waals surface area contributed by atoms with Gasteiger partial charge in [-0.3, -0.25) is 4.79 Å². The van der Waals surface area contributed by atoms with E-state index in [1.54, 1.807) is 4.90 Å². The number of hydrogen-bond acceptors (Lipinski definition) is 4. The summed E-state index contributed by atoms with van der Waals surface area (Å²) >= 11 is 0. The topological polar surface area (TPSA) is 75.8 Å². The lowest BCUT2D eigenvalue weighted by Crippen LogP contribution is -2.49. The van der Waals surface area contributed by atoms with Crippen LogP contribution in [0.5, 0.6) is 0 Å². The van der Waals surface area contributed by atoms with Crippen LogP contribution in [0.25, 0.3) is 0 Å². The van der Waals surface area contributed by atoms with Crippen LogP contribution >= 0.6 is 12.4 Å². The molecule has 6 heteroatoms. The first-order chi connectivity index (χ1) is 9.11. The lowest BCUT2D eigenvalue weighted by Gasteiger charge is -2.33. The van der Waals surface area contributed by atoms with Crippen LogP contribution in [-0.4, -0.2) is 48.3 Å². The Hall–Kier alpha value is -1.14. The van der Waals surface area contributed by atoms with Gasteiger partial charge in [-0.2, -0.15) is 0 Å². The molecule has 2 unspecified atom stereocenters. The van der Waals surface area contributed by atoms with Crippen molar-refractivity contribution in [3.63, 3.8) is 0 Å². The van der Waals surface area contributed by atoms with Gasteiger partial charge >= 0.3 is 0 Å². The Morgan fingerprint density at radius 2 is 2.15 bits per heavy atom. The summed E-state index contributed by atoms with van der Waals surface area (Å²) < 4.78 is 5.32. The van der Waals surface area contributed by atoms with Crippen molar-refractivity contribution in [1.29, 1.82) is 0 Å². The molecule has 3 N–H and O–H groups in total. The molecule has 112 valence electrons. The second kappa shape index (κ2) is 7.59. The van der Waals surface area contributed by atoms with Gasteiger partial charge in [-0.15, -0.1) is 12.4 Å². The fourth-order valence-electron chi connectivity index (χ4n) is 2.14. The van der Waals surface area contributed by atoms with Gasteiger partial charge in [0.1, 0.15) is 6.04 Å². The number of hydrogen-bond donors (Lipinski definition) is 2. The summed E-state index contributed by atoms with van der Waals surface area (Å²) in [6.45, 7) is 3.27. The molecule has 2 atom stereocenters. The molecule has 0 aromatic heterocycles. The molecule has 0 spiro atoms. The highest BCUT2D eigenvalue weighted by Gasteiger charge is 2.27. The van der Waals surface area contributed by atoms with E-state index < -0.39 is 6.04 Å². The summed E-state index contributed by atoms with van der Waals surface area (Å²) in [5.41, 5.74) is 7.95. The molecule has 1 aliphatic heterocycles. The highest BCUT2D eigenvalue weighted by atomic mass is 35.5. The summed E-state index contributed by atoms with van der Waals surface area (Å²) in [6.07, 6.45) is -0.303. The quantitative estimate of drug-likeness (QED) is 0.859. The molecular formula is C14H21ClN2O3. The molecule has 1 amide bonds. The summed E-state index contributed by atoms with van der Waals surface area (Å²) in [4.78, 5) is 14.0. The molecule has 0 saturated carbocycles. The SMILES string of the molecule is Cc1ccc(C(N)C(=O)N2CCOC(CO)C2)cc1.Cl. The lowest BCUT2D eigenvalue weighted by atomic mass is 10.0. The average Bonchev–Trinajstić information content (AvgIpc) is 2.46. The number of rotatable bonds is 3. The van der Waals surface area contributed by atoms with Gasteiger partial charge in [0.25, 0.3) is 0 Å². The van der Waals surface area contributed by atoms with Gasteiger partial charge in [-0.25, -0.2) is 0 Å². The zero-order chi connectivity index (χ0) is 13.8. The first-order valence-electron chi connectivity index (χ1n) is 6.45. The number of aliphatic hydroxyl groups is 1. The molecule has 1 aromatic carbocycles. The molecule has 1 aromatic rings. The first kappa shape index (κ1) is 16.9. The third-order valence-electron chi connectivity index (χ3n) is 3.36. The Morgan fingerprint density at radius 3 is 2.75 bits per heavy atom. The second-order valence-electron chi connectivity index (χ2n) is 4.85. The highest BCUT2D eigenvalue weighted by Crippen LogP contribution is 2.16. The van der Waals surface area contributed by atoms with Gasteiger partial charge in [0.15, 0.2) is 0 Å². The number of halogens is 1. The van der Waals surface area contributed by atoms with Crippen molar-refractivity contribution < 1.29 is 14.6 Å². The predicted octanol–water partition coefficient (Wildman–Crippen LogP) is 0.636. The molecule has 0 radical (unpaired) electrons. The van der Waals surface area contributed by atoms with Crippen molar-refractivity contribution in [2.24, 2.45) is 5.73 Å². The van der Waals surface area contributed by atoms with Gasteiger partial charge in [-0.1, -0.05) is 29.8 Å². The summed E-state index contributed by atoms with van der Waals surface area (Å²) in [5, 5.41) is 9.08. The number of aliphatic hydroxyl groups excluding tert-OH is 1. The van der Waals surface area contributed by atoms with E-state index in [0.29, 0.717) is 19.7 Å². The molecule has 0 aliphatic carbocycles. The van der Waals surface area contributed by atoms with Crippen LogP contribution in [-0.2, 0) is 9.53 Å². The van der Waals surface area contributed by atoms with Crippen molar-refractivity contribution in [3.8, 4) is 0 Å². The number of nitrogens with two attached hydrogens (primary N) is 1. The van der Waals surface area contributed by atoms with Crippen LogP contribution in [0.1, 0.15) is 17.2 Å². The maximum absolute atomic E-state index is 12.3. The third-order valence-corrected chi connectivity index (χ3v) is 3.36. The molecule has 0 bridgehead atoms. The number of morpholine rings is 1. The van der Waals surface area contributed by atoms with Gasteiger partial charge in [0, 0.05) is 13.1 Å². The maximum Gasteiger partial charge on any atom is 0.244 e. The Morgan fingerprint density at radius 1 is 1.50 bits per heavy atom. The lowest BCUT2D eigenvalue weighted by molar-refractivity contribution is -0.141. The molecule has 1 aliphatic rings. The van der Waals surface area contributed by atoms with Crippen molar-refractivity contribution in [1.82, 2.24) is 4.90 Å². The first-order valence-corrected chi connectivity index (χ1v) is 6.45. The monoisotopic (exact) mass is 300 g/mol. The molecule has 2 rings (SSSR count). The van der Waals surface area contributed by atoms with E-state index in [1.165, 1.54) is 0 Å². The zero-order valence-electron chi connectivity index (χ0n) is 11.5. The number of ether oxygens (including phenoxy) is 1. The van der Waals surface area contributed by atoms with Crippen molar-refractivity contribution >= 4 is 18.3 Å². The Bertz CT molecular complexity index is 439. The van der Waals surface area contributed by atoms with Crippen LogP contribution in [0.2, 0.25) is 0 Å². The van der Waals surface area contributed by atoms with E-state index in [-0.39, 0.29) is 31.0 Å². The van der Waals surface area contributed by atoms with Gasteiger partial charge in [0.05, 0.1) is 19.3 Å². The standard InChI is InChI=1S/C14H20N2O3.ClH/c1-10-2-4-11(5-3-10)13(15)14(18)16-6-7-19-12(8-16)9-17;/h2-5,12-13,17H,6-9,15H2,1H3;1H. The minimum absolute atomic E-state index is 0. The zero-order valence-corrected chi connectivity index (χ0v) is 12.3. The summed E-state index contributed by atoms with van der Waals surface area (Å²) in [7, 11) is 0. The number of benzene rings is 1. The van der Waals surface area contributed by atoms with E-state index in [2.05, 4.69) is 0 Å². The van der Waals surface area contributed by atoms with E-state index in [9.17, 15) is 4.79 Å². The average molecular weight is 301 g/mol. The van der Waals surface area contributed by atoms with Crippen LogP contribution in [0.4, 0.5) is 0 Å². The Kier molecular flexibility index (Phi) is 6.42. The fourth-order valence-corrected chi connectivity index (χ4v) is 2.14. The van der Waals surface area contributed by atoms with E-state index >= 15 is 0 Å². The second-order valence-corrected chi connectivity index (χ2v) is 4.85. The third kappa shape index (κ3) is 3.93. The van der Waals surface area contributed by atoms with Gasteiger partial charge < -0.3 is 20.5 Å². The van der Waals surface area contributed by atoms with Crippen molar-refractivity contribution in [2.75, 3.05) is 26.3 Å². The molecule has 20 heavy (non-hydrogen) atoms. The van der Waals surface area contributed by atoms with E-state index in [1.807, 2.05) is 31.2 Å². The molecule has 1 saturated heterocycles. The highest BCUT2D eigenvalue weighted by molar-refractivity contribution is 5.85. The Balaban J connectivity index is 0.00000200. The summed E-state index contributed by atoms with van der Waals surface area (Å²) in [6, 6.07) is 6.98. The van der Waals surface area contributed by atoms with E-state index in [4.69, 9.17) is 15.6 Å². The number of aryl methyl sites for hydroxylation is 1. The minimum atomic E-state index is -0.655. The molecule has 1 fully saturated rings. The normalized spacial score (nSPS) is 20.1. The number of amides is 1. The number of nitrogens with zero attached hydrogens (tertiary/aromatic N) is 1. The van der Waals surface area contributed by atoms with Crippen LogP contribution in [0.15, 0.2) is 24.3 Å². The Labute approximate surface area is 125 Å².